The molecule has 0 saturated carbocycles. The van der Waals surface area contributed by atoms with Crippen LogP contribution in [0.5, 0.6) is 11.5 Å². The molecule has 4 heterocycles. The van der Waals surface area contributed by atoms with E-state index in [1.165, 1.54) is 30.2 Å². The number of morpholine rings is 1. The van der Waals surface area contributed by atoms with E-state index < -0.39 is 52.6 Å². The van der Waals surface area contributed by atoms with Crippen molar-refractivity contribution in [3.8, 4) is 22.6 Å². The van der Waals surface area contributed by atoms with Gasteiger partial charge < -0.3 is 39.7 Å². The third kappa shape index (κ3) is 5.02. The normalized spacial score (nSPS) is 13.4. The zero-order valence-electron chi connectivity index (χ0n) is 22.0. The topological polar surface area (TPSA) is 167 Å². The summed E-state index contributed by atoms with van der Waals surface area (Å²) in [4.78, 5) is 48.4. The molecule has 0 unspecified atom stereocenters. The Balaban J connectivity index is 1.55. The summed E-state index contributed by atoms with van der Waals surface area (Å²) in [5.41, 5.74) is 3.93. The molecule has 0 radical (unpaired) electrons. The number of rotatable bonds is 7. The molecule has 15 heteroatoms. The summed E-state index contributed by atoms with van der Waals surface area (Å²) < 4.78 is 42.8. The van der Waals surface area contributed by atoms with Crippen molar-refractivity contribution in [2.75, 3.05) is 43.6 Å². The zero-order chi connectivity index (χ0) is 29.4. The van der Waals surface area contributed by atoms with Crippen molar-refractivity contribution in [3.63, 3.8) is 0 Å². The minimum absolute atomic E-state index is 0.0227. The molecule has 0 aliphatic carbocycles. The largest absolute Gasteiger partial charge is 0.504 e. The molecule has 4 aromatic rings. The molecule has 0 spiro atoms. The van der Waals surface area contributed by atoms with Crippen LogP contribution in [0.2, 0.25) is 0 Å². The fourth-order valence-electron chi connectivity index (χ4n) is 4.62. The molecule has 13 nitrogen and oxygen atoms in total. The number of benzene rings is 1. The first-order valence-electron chi connectivity index (χ1n) is 12.3. The van der Waals surface area contributed by atoms with Gasteiger partial charge in [-0.15, -0.1) is 0 Å². The fraction of sp³-hybridized carbons (Fsp3) is 0.269. The van der Waals surface area contributed by atoms with Crippen LogP contribution in [0.1, 0.15) is 10.4 Å². The number of phenols is 1. The van der Waals surface area contributed by atoms with E-state index in [1.807, 2.05) is 4.90 Å². The summed E-state index contributed by atoms with van der Waals surface area (Å²) in [5, 5.41) is 12.7. The SMILES string of the molecule is COc1c(O)c(C(N)=O)cc(-c2cn(CC(=O)Nc3cc(N4CCOCC4)ncc3F)c3ncn(C)c(=O)c23)c1F. The lowest BCUT2D eigenvalue weighted by atomic mass is 10.0. The number of anilines is 2. The van der Waals surface area contributed by atoms with Crippen LogP contribution in [-0.2, 0) is 23.1 Å². The molecule has 0 bridgehead atoms. The Morgan fingerprint density at radius 3 is 2.61 bits per heavy atom. The van der Waals surface area contributed by atoms with Crippen molar-refractivity contribution in [2.24, 2.45) is 12.8 Å². The molecule has 214 valence electrons. The van der Waals surface area contributed by atoms with E-state index in [4.69, 9.17) is 15.2 Å². The molecular weight excluding hydrogens is 544 g/mol. The van der Waals surface area contributed by atoms with Gasteiger partial charge in [-0.3, -0.25) is 14.4 Å². The lowest BCUT2D eigenvalue weighted by Gasteiger charge is -2.28. The van der Waals surface area contributed by atoms with Gasteiger partial charge in [-0.2, -0.15) is 0 Å². The van der Waals surface area contributed by atoms with Gasteiger partial charge in [0.05, 0.1) is 49.5 Å². The number of aryl methyl sites for hydroxylation is 1. The second-order valence-electron chi connectivity index (χ2n) is 9.23. The fourth-order valence-corrected chi connectivity index (χ4v) is 4.62. The number of methoxy groups -OCH3 is 1. The van der Waals surface area contributed by atoms with Crippen LogP contribution in [0.3, 0.4) is 0 Å². The third-order valence-corrected chi connectivity index (χ3v) is 6.66. The van der Waals surface area contributed by atoms with Gasteiger partial charge in [-0.05, 0) is 6.07 Å². The Kier molecular flexibility index (Phi) is 7.28. The van der Waals surface area contributed by atoms with Crippen molar-refractivity contribution >= 4 is 34.4 Å². The summed E-state index contributed by atoms with van der Waals surface area (Å²) in [6, 6.07) is 2.40. The number of nitrogens with two attached hydrogens (primary N) is 1. The Bertz CT molecular complexity index is 1750. The first-order valence-corrected chi connectivity index (χ1v) is 12.3. The molecule has 0 atom stereocenters. The molecule has 41 heavy (non-hydrogen) atoms. The number of carbonyl (C=O) groups excluding carboxylic acids is 2. The van der Waals surface area contributed by atoms with Crippen molar-refractivity contribution in [3.05, 3.63) is 58.4 Å². The highest BCUT2D eigenvalue weighted by Gasteiger charge is 2.26. The van der Waals surface area contributed by atoms with E-state index >= 15 is 4.39 Å². The maximum Gasteiger partial charge on any atom is 0.263 e. The maximum atomic E-state index is 15.5. The number of aromatic nitrogens is 4. The molecule has 4 N–H and O–H groups in total. The standard InChI is InChI=1S/C26H25F2N7O6/c1-33-12-31-25-20(26(33)39)15(13-7-14(24(29)38)22(37)23(40-2)21(13)28)10-35(25)11-19(36)32-17-8-18(30-9-16(17)27)34-3-5-41-6-4-34/h7-10,12,37H,3-6,11H2,1-2H3,(H2,29,38)(H,30,32,36). The summed E-state index contributed by atoms with van der Waals surface area (Å²) in [6.45, 7) is 1.65. The molecule has 5 rings (SSSR count). The smallest absolute Gasteiger partial charge is 0.263 e. The Morgan fingerprint density at radius 1 is 1.20 bits per heavy atom. The van der Waals surface area contributed by atoms with Crippen LogP contribution in [0.4, 0.5) is 20.3 Å². The summed E-state index contributed by atoms with van der Waals surface area (Å²) in [7, 11) is 2.52. The lowest BCUT2D eigenvalue weighted by Crippen LogP contribution is -2.36. The van der Waals surface area contributed by atoms with Crippen LogP contribution in [-0.4, -0.2) is 69.4 Å². The monoisotopic (exact) mass is 569 g/mol. The van der Waals surface area contributed by atoms with E-state index in [0.717, 1.165) is 23.9 Å². The van der Waals surface area contributed by atoms with Crippen molar-refractivity contribution in [1.82, 2.24) is 19.1 Å². The first kappa shape index (κ1) is 27.5. The molecule has 1 saturated heterocycles. The number of hydrogen-bond donors (Lipinski definition) is 3. The minimum atomic E-state index is -1.07. The van der Waals surface area contributed by atoms with Gasteiger partial charge in [-0.1, -0.05) is 0 Å². The maximum absolute atomic E-state index is 15.5. The molecule has 1 fully saturated rings. The highest BCUT2D eigenvalue weighted by molar-refractivity contribution is 6.01. The summed E-state index contributed by atoms with van der Waals surface area (Å²) in [5.74, 6) is -4.55. The quantitative estimate of drug-likeness (QED) is 0.298. The number of nitrogens with one attached hydrogen (secondary N) is 1. The molecule has 2 amide bonds. The minimum Gasteiger partial charge on any atom is -0.504 e. The van der Waals surface area contributed by atoms with Crippen LogP contribution >= 0.6 is 0 Å². The zero-order valence-corrected chi connectivity index (χ0v) is 22.0. The number of carbonyl (C=O) groups is 2. The molecular formula is C26H25F2N7O6. The predicted molar refractivity (Wildman–Crippen MR) is 143 cm³/mol. The van der Waals surface area contributed by atoms with Gasteiger partial charge in [0.15, 0.2) is 23.1 Å². The number of primary amides is 1. The number of pyridine rings is 1. The number of halogens is 2. The Morgan fingerprint density at radius 2 is 1.93 bits per heavy atom. The van der Waals surface area contributed by atoms with Crippen molar-refractivity contribution < 1.29 is 33.0 Å². The van der Waals surface area contributed by atoms with Crippen LogP contribution in [0, 0.1) is 11.6 Å². The molecule has 1 aromatic carbocycles. The van der Waals surface area contributed by atoms with Gasteiger partial charge in [0.2, 0.25) is 5.91 Å². The lowest BCUT2D eigenvalue weighted by molar-refractivity contribution is -0.116. The second-order valence-corrected chi connectivity index (χ2v) is 9.23. The van der Waals surface area contributed by atoms with Crippen molar-refractivity contribution in [1.29, 1.82) is 0 Å². The number of nitrogens with zero attached hydrogens (tertiary/aromatic N) is 5. The van der Waals surface area contributed by atoms with Crippen LogP contribution in [0.25, 0.3) is 22.2 Å². The molecule has 1 aliphatic rings. The van der Waals surface area contributed by atoms with Crippen LogP contribution in [0.15, 0.2) is 35.6 Å². The van der Waals surface area contributed by atoms with E-state index in [0.29, 0.717) is 32.1 Å². The Hall–Kier alpha value is -5.05. The van der Waals surface area contributed by atoms with E-state index in [-0.39, 0.29) is 27.8 Å². The highest BCUT2D eigenvalue weighted by atomic mass is 19.1. The Labute approximate surface area is 230 Å². The highest BCUT2D eigenvalue weighted by Crippen LogP contribution is 2.41. The molecule has 1 aliphatic heterocycles. The molecule has 3 aromatic heterocycles. The number of fused-ring (bicyclic) bond motifs is 1. The average molecular weight is 570 g/mol. The second kappa shape index (κ2) is 10.8. The number of amides is 2. The van der Waals surface area contributed by atoms with Gasteiger partial charge in [-0.25, -0.2) is 18.7 Å². The van der Waals surface area contributed by atoms with Crippen molar-refractivity contribution in [2.45, 2.75) is 6.54 Å². The van der Waals surface area contributed by atoms with E-state index in [2.05, 4.69) is 15.3 Å². The van der Waals surface area contributed by atoms with Gasteiger partial charge in [0.25, 0.3) is 11.5 Å². The number of hydrogen-bond acceptors (Lipinski definition) is 9. The number of ether oxygens (including phenoxy) is 2. The first-order chi connectivity index (χ1) is 19.6. The average Bonchev–Trinajstić information content (AvgIpc) is 3.30. The van der Waals surface area contributed by atoms with Gasteiger partial charge in [0.1, 0.15) is 18.0 Å². The summed E-state index contributed by atoms with van der Waals surface area (Å²) >= 11 is 0. The third-order valence-electron chi connectivity index (χ3n) is 6.66. The van der Waals surface area contributed by atoms with Crippen LogP contribution < -0.4 is 26.2 Å². The van der Waals surface area contributed by atoms with E-state index in [9.17, 15) is 23.9 Å². The summed E-state index contributed by atoms with van der Waals surface area (Å²) in [6.07, 6.45) is 3.52. The number of aromatic hydroxyl groups is 1. The van der Waals surface area contributed by atoms with E-state index in [1.54, 1.807) is 0 Å². The predicted octanol–water partition coefficient (Wildman–Crippen LogP) is 1.36. The van der Waals surface area contributed by atoms with Gasteiger partial charge >= 0.3 is 0 Å². The van der Waals surface area contributed by atoms with Gasteiger partial charge in [0, 0.05) is 43.5 Å².